The summed E-state index contributed by atoms with van der Waals surface area (Å²) in [6, 6.07) is 6.42. The second-order valence-electron chi connectivity index (χ2n) is 4.61. The third kappa shape index (κ3) is 2.05. The number of amides is 1. The Morgan fingerprint density at radius 3 is 2.71 bits per heavy atom. The number of fused-ring (bicyclic) bond motifs is 1. The van der Waals surface area contributed by atoms with E-state index in [-0.39, 0.29) is 5.91 Å². The Kier molecular flexibility index (Phi) is 2.92. The summed E-state index contributed by atoms with van der Waals surface area (Å²) < 4.78 is 2.17. The number of rotatable bonds is 3. The van der Waals surface area contributed by atoms with Crippen molar-refractivity contribution in [1.29, 1.82) is 0 Å². The molecule has 0 spiro atoms. The number of nitrogens with two attached hydrogens (primary N) is 1. The summed E-state index contributed by atoms with van der Waals surface area (Å²) in [6.07, 6.45) is 1.13. The Labute approximate surface area is 101 Å². The molecule has 0 aliphatic heterocycles. The normalized spacial score (nSPS) is 11.0. The highest BCUT2D eigenvalue weighted by Crippen LogP contribution is 2.26. The molecule has 3 heteroatoms. The van der Waals surface area contributed by atoms with Crippen LogP contribution in [0, 0.1) is 13.8 Å². The first-order chi connectivity index (χ1) is 8.00. The first-order valence-electron chi connectivity index (χ1n) is 5.83. The summed E-state index contributed by atoms with van der Waals surface area (Å²) in [5.74, 6) is -0.242. The largest absolute Gasteiger partial charge is 0.370 e. The van der Waals surface area contributed by atoms with Crippen LogP contribution in [0.2, 0.25) is 0 Å². The maximum absolute atomic E-state index is 10.9. The molecule has 1 aromatic heterocycles. The van der Waals surface area contributed by atoms with Crippen LogP contribution in [0.1, 0.15) is 23.2 Å². The van der Waals surface area contributed by atoms with Crippen LogP contribution >= 0.6 is 0 Å². The number of primary amides is 1. The second kappa shape index (κ2) is 4.24. The Balaban J connectivity index is 2.56. The van der Waals surface area contributed by atoms with E-state index in [0.29, 0.717) is 6.42 Å². The molecule has 2 aromatic rings. The number of carbonyl (C=O) groups is 1. The van der Waals surface area contributed by atoms with Crippen molar-refractivity contribution >= 4 is 16.8 Å². The summed E-state index contributed by atoms with van der Waals surface area (Å²) in [5, 5.41) is 1.24. The summed E-state index contributed by atoms with van der Waals surface area (Å²) in [7, 11) is 2.06. The van der Waals surface area contributed by atoms with Gasteiger partial charge in [0.05, 0.1) is 0 Å². The molecule has 1 aromatic carbocycles. The van der Waals surface area contributed by atoms with E-state index in [1.165, 1.54) is 27.7 Å². The van der Waals surface area contributed by atoms with Gasteiger partial charge in [-0.05, 0) is 38.0 Å². The maximum Gasteiger partial charge on any atom is 0.217 e. The van der Waals surface area contributed by atoms with Gasteiger partial charge in [0.2, 0.25) is 5.91 Å². The molecule has 0 aliphatic rings. The van der Waals surface area contributed by atoms with Crippen molar-refractivity contribution in [3.8, 4) is 0 Å². The first kappa shape index (κ1) is 11.7. The fourth-order valence-electron chi connectivity index (χ4n) is 2.33. The molecule has 0 atom stereocenters. The number of benzene rings is 1. The van der Waals surface area contributed by atoms with Crippen molar-refractivity contribution in [3.63, 3.8) is 0 Å². The molecule has 1 heterocycles. The molecule has 0 saturated carbocycles. The quantitative estimate of drug-likeness (QED) is 0.863. The fraction of sp³-hybridized carbons (Fsp3) is 0.357. The average Bonchev–Trinajstić information content (AvgIpc) is 2.49. The van der Waals surface area contributed by atoms with Gasteiger partial charge >= 0.3 is 0 Å². The average molecular weight is 230 g/mol. The van der Waals surface area contributed by atoms with E-state index in [1.54, 1.807) is 0 Å². The van der Waals surface area contributed by atoms with Crippen LogP contribution in [0.15, 0.2) is 18.2 Å². The van der Waals surface area contributed by atoms with Crippen molar-refractivity contribution in [2.45, 2.75) is 26.7 Å². The molecule has 1 amide bonds. The van der Waals surface area contributed by atoms with Gasteiger partial charge in [0.25, 0.3) is 0 Å². The zero-order valence-corrected chi connectivity index (χ0v) is 10.6. The SMILES string of the molecule is Cc1ccc2c(c1)c(CCC(N)=O)c(C)n2C. The molecule has 17 heavy (non-hydrogen) atoms. The van der Waals surface area contributed by atoms with Crippen molar-refractivity contribution < 1.29 is 4.79 Å². The molecule has 3 nitrogen and oxygen atoms in total. The van der Waals surface area contributed by atoms with Gasteiger partial charge in [-0.1, -0.05) is 11.6 Å². The van der Waals surface area contributed by atoms with Crippen LogP contribution in [0.3, 0.4) is 0 Å². The third-order valence-electron chi connectivity index (χ3n) is 3.40. The van der Waals surface area contributed by atoms with Crippen LogP contribution in [0.25, 0.3) is 10.9 Å². The first-order valence-corrected chi connectivity index (χ1v) is 5.83. The maximum atomic E-state index is 10.9. The second-order valence-corrected chi connectivity index (χ2v) is 4.61. The zero-order chi connectivity index (χ0) is 12.6. The minimum atomic E-state index is -0.242. The van der Waals surface area contributed by atoms with Crippen LogP contribution < -0.4 is 5.73 Å². The van der Waals surface area contributed by atoms with Gasteiger partial charge in [-0.2, -0.15) is 0 Å². The minimum Gasteiger partial charge on any atom is -0.370 e. The number of aromatic nitrogens is 1. The molecule has 0 saturated heterocycles. The monoisotopic (exact) mass is 230 g/mol. The van der Waals surface area contributed by atoms with Gasteiger partial charge in [0.15, 0.2) is 0 Å². The summed E-state index contributed by atoms with van der Waals surface area (Å²) >= 11 is 0. The Morgan fingerprint density at radius 2 is 2.06 bits per heavy atom. The molecule has 2 N–H and O–H groups in total. The van der Waals surface area contributed by atoms with E-state index < -0.39 is 0 Å². The number of hydrogen-bond acceptors (Lipinski definition) is 1. The van der Waals surface area contributed by atoms with E-state index in [4.69, 9.17) is 5.73 Å². The molecular formula is C14H18N2O. The Bertz CT molecular complexity index is 581. The minimum absolute atomic E-state index is 0.242. The van der Waals surface area contributed by atoms with Crippen molar-refractivity contribution in [1.82, 2.24) is 4.57 Å². The van der Waals surface area contributed by atoms with Crippen LogP contribution in [-0.2, 0) is 18.3 Å². The van der Waals surface area contributed by atoms with Gasteiger partial charge in [-0.3, -0.25) is 4.79 Å². The standard InChI is InChI=1S/C14H18N2O/c1-9-4-6-13-12(8-9)11(5-7-14(15)17)10(2)16(13)3/h4,6,8H,5,7H2,1-3H3,(H2,15,17). The van der Waals surface area contributed by atoms with Crippen LogP contribution in [0.5, 0.6) is 0 Å². The van der Waals surface area contributed by atoms with Crippen LogP contribution in [-0.4, -0.2) is 10.5 Å². The summed E-state index contributed by atoms with van der Waals surface area (Å²) in [4.78, 5) is 10.9. The fourth-order valence-corrected chi connectivity index (χ4v) is 2.33. The van der Waals surface area contributed by atoms with E-state index in [1.807, 2.05) is 0 Å². The lowest BCUT2D eigenvalue weighted by atomic mass is 10.0. The van der Waals surface area contributed by atoms with E-state index in [9.17, 15) is 4.79 Å². The highest BCUT2D eigenvalue weighted by atomic mass is 16.1. The Hall–Kier alpha value is -1.77. The molecule has 0 radical (unpaired) electrons. The summed E-state index contributed by atoms with van der Waals surface area (Å²) in [6.45, 7) is 4.17. The smallest absolute Gasteiger partial charge is 0.217 e. The lowest BCUT2D eigenvalue weighted by Crippen LogP contribution is -2.11. The Morgan fingerprint density at radius 1 is 1.35 bits per heavy atom. The molecule has 0 aliphatic carbocycles. The third-order valence-corrected chi connectivity index (χ3v) is 3.40. The number of aryl methyl sites for hydroxylation is 3. The molecule has 2 rings (SSSR count). The molecule has 0 fully saturated rings. The van der Waals surface area contributed by atoms with Crippen LogP contribution in [0.4, 0.5) is 0 Å². The lowest BCUT2D eigenvalue weighted by Gasteiger charge is -2.00. The van der Waals surface area contributed by atoms with Crippen molar-refractivity contribution in [3.05, 3.63) is 35.0 Å². The van der Waals surface area contributed by atoms with Gasteiger partial charge in [0, 0.05) is 30.1 Å². The highest BCUT2D eigenvalue weighted by Gasteiger charge is 2.12. The highest BCUT2D eigenvalue weighted by molar-refractivity contribution is 5.86. The van der Waals surface area contributed by atoms with Gasteiger partial charge in [-0.25, -0.2) is 0 Å². The molecular weight excluding hydrogens is 212 g/mol. The van der Waals surface area contributed by atoms with E-state index in [2.05, 4.69) is 43.7 Å². The van der Waals surface area contributed by atoms with Crippen molar-refractivity contribution in [2.75, 3.05) is 0 Å². The van der Waals surface area contributed by atoms with Gasteiger partial charge in [0.1, 0.15) is 0 Å². The zero-order valence-electron chi connectivity index (χ0n) is 10.6. The number of nitrogens with zero attached hydrogens (tertiary/aromatic N) is 1. The molecule has 0 unspecified atom stereocenters. The van der Waals surface area contributed by atoms with E-state index in [0.717, 1.165) is 6.42 Å². The predicted octanol–water partition coefficient (Wildman–Crippen LogP) is 2.21. The molecule has 90 valence electrons. The van der Waals surface area contributed by atoms with E-state index >= 15 is 0 Å². The van der Waals surface area contributed by atoms with Gasteiger partial charge < -0.3 is 10.3 Å². The molecule has 0 bridgehead atoms. The van der Waals surface area contributed by atoms with Gasteiger partial charge in [-0.15, -0.1) is 0 Å². The number of hydrogen-bond donors (Lipinski definition) is 1. The van der Waals surface area contributed by atoms with Crippen molar-refractivity contribution in [2.24, 2.45) is 12.8 Å². The topological polar surface area (TPSA) is 48.0 Å². The summed E-state index contributed by atoms with van der Waals surface area (Å²) in [5.41, 5.74) is 10.1. The number of carbonyl (C=O) groups excluding carboxylic acids is 1. The lowest BCUT2D eigenvalue weighted by molar-refractivity contribution is -0.117. The predicted molar refractivity (Wildman–Crippen MR) is 69.9 cm³/mol.